The predicted octanol–water partition coefficient (Wildman–Crippen LogP) is 3.76. The van der Waals surface area contributed by atoms with E-state index >= 15 is 0 Å². The van der Waals surface area contributed by atoms with Gasteiger partial charge in [-0.1, -0.05) is 6.07 Å². The van der Waals surface area contributed by atoms with Gasteiger partial charge >= 0.3 is 18.1 Å². The van der Waals surface area contributed by atoms with Crippen molar-refractivity contribution in [2.45, 2.75) is 64.3 Å². The summed E-state index contributed by atoms with van der Waals surface area (Å²) in [5.41, 5.74) is 6.82. The molecule has 1 aromatic carbocycles. The van der Waals surface area contributed by atoms with Crippen LogP contribution in [0.2, 0.25) is 0 Å². The second kappa shape index (κ2) is 12.9. The number of hydrogen-bond acceptors (Lipinski definition) is 10. The number of hydrogen-bond donors (Lipinski definition) is 3. The maximum absolute atomic E-state index is 14.8. The van der Waals surface area contributed by atoms with Gasteiger partial charge in [0, 0.05) is 43.9 Å². The first-order valence-electron chi connectivity index (χ1n) is 14.8. The SMILES string of the molecule is CCOC(=O)CCc1ccc(-n2ccc(C)n2)c(C(Oc2cc(N3CCC4(CC3)CNC(C(=O)O)C4)nc(N)n2)C(F)(F)F)c1. The number of aliphatic carboxylic acids is 1. The number of anilines is 2. The molecule has 2 unspecified atom stereocenters. The van der Waals surface area contributed by atoms with Crippen molar-refractivity contribution in [2.75, 3.05) is 36.9 Å². The summed E-state index contributed by atoms with van der Waals surface area (Å²) < 4.78 is 56.3. The van der Waals surface area contributed by atoms with Crippen LogP contribution in [0, 0.1) is 12.3 Å². The Morgan fingerprint density at radius 2 is 1.96 bits per heavy atom. The first-order chi connectivity index (χ1) is 21.4. The number of ether oxygens (including phenoxy) is 2. The molecule has 0 aliphatic carbocycles. The van der Waals surface area contributed by atoms with Crippen LogP contribution in [0.4, 0.5) is 24.9 Å². The van der Waals surface area contributed by atoms with Crippen LogP contribution in [-0.4, -0.2) is 75.3 Å². The number of halogens is 3. The van der Waals surface area contributed by atoms with Crippen molar-refractivity contribution in [1.29, 1.82) is 0 Å². The largest absolute Gasteiger partial charge is 0.480 e. The van der Waals surface area contributed by atoms with E-state index in [0.29, 0.717) is 56.0 Å². The van der Waals surface area contributed by atoms with E-state index in [-0.39, 0.29) is 47.9 Å². The van der Waals surface area contributed by atoms with E-state index in [4.69, 9.17) is 15.2 Å². The normalized spacial score (nSPS) is 18.6. The van der Waals surface area contributed by atoms with Crippen molar-refractivity contribution in [3.05, 3.63) is 53.3 Å². The number of nitrogens with zero attached hydrogens (tertiary/aromatic N) is 5. The van der Waals surface area contributed by atoms with Crippen molar-refractivity contribution in [2.24, 2.45) is 5.41 Å². The Labute approximate surface area is 257 Å². The van der Waals surface area contributed by atoms with Gasteiger partial charge in [0.25, 0.3) is 0 Å². The monoisotopic (exact) mass is 631 g/mol. The molecule has 3 aromatic rings. The Kier molecular flexibility index (Phi) is 9.18. The van der Waals surface area contributed by atoms with Crippen molar-refractivity contribution in [3.63, 3.8) is 0 Å². The number of rotatable bonds is 10. The summed E-state index contributed by atoms with van der Waals surface area (Å²) in [5.74, 6) is -1.61. The molecule has 2 aliphatic heterocycles. The fraction of sp³-hybridized carbons (Fsp3) is 0.500. The van der Waals surface area contributed by atoms with Crippen LogP contribution >= 0.6 is 0 Å². The zero-order valence-electron chi connectivity index (χ0n) is 25.0. The molecule has 2 fully saturated rings. The van der Waals surface area contributed by atoms with Gasteiger partial charge in [-0.15, -0.1) is 0 Å². The average molecular weight is 632 g/mol. The smallest absolute Gasteiger partial charge is 0.429 e. The van der Waals surface area contributed by atoms with E-state index in [1.54, 1.807) is 32.2 Å². The molecule has 2 atom stereocenters. The highest BCUT2D eigenvalue weighted by atomic mass is 19.4. The van der Waals surface area contributed by atoms with Gasteiger partial charge in [-0.05, 0) is 68.7 Å². The molecule has 1 spiro atoms. The summed E-state index contributed by atoms with van der Waals surface area (Å²) in [6.07, 6.45) is -3.73. The van der Waals surface area contributed by atoms with E-state index in [0.717, 1.165) is 0 Å². The molecule has 5 rings (SSSR count). The molecule has 2 aliphatic rings. The molecule has 0 amide bonds. The van der Waals surface area contributed by atoms with Crippen LogP contribution in [0.1, 0.15) is 55.5 Å². The average Bonchev–Trinajstić information content (AvgIpc) is 3.61. The molecule has 0 bridgehead atoms. The van der Waals surface area contributed by atoms with Gasteiger partial charge in [-0.3, -0.25) is 9.59 Å². The summed E-state index contributed by atoms with van der Waals surface area (Å²) >= 11 is 0. The third-order valence-electron chi connectivity index (χ3n) is 8.32. The first kappa shape index (κ1) is 32.0. The van der Waals surface area contributed by atoms with Crippen LogP contribution in [0.5, 0.6) is 5.88 Å². The second-order valence-corrected chi connectivity index (χ2v) is 11.5. The summed E-state index contributed by atoms with van der Waals surface area (Å²) in [7, 11) is 0. The van der Waals surface area contributed by atoms with Gasteiger partial charge in [0.1, 0.15) is 11.9 Å². The Balaban J connectivity index is 1.42. The lowest BCUT2D eigenvalue weighted by Crippen LogP contribution is -2.41. The summed E-state index contributed by atoms with van der Waals surface area (Å²) in [6, 6.07) is 6.93. The van der Waals surface area contributed by atoms with Crippen molar-refractivity contribution < 1.29 is 37.3 Å². The highest BCUT2D eigenvalue weighted by Crippen LogP contribution is 2.42. The number of carbonyl (C=O) groups excluding carboxylic acids is 1. The second-order valence-electron chi connectivity index (χ2n) is 11.5. The molecule has 4 N–H and O–H groups in total. The number of esters is 1. The quantitative estimate of drug-likeness (QED) is 0.280. The maximum Gasteiger partial charge on any atom is 0.429 e. The van der Waals surface area contributed by atoms with Crippen LogP contribution < -0.4 is 20.7 Å². The van der Waals surface area contributed by atoms with Crippen LogP contribution in [0.25, 0.3) is 5.69 Å². The Morgan fingerprint density at radius 3 is 2.58 bits per heavy atom. The predicted molar refractivity (Wildman–Crippen MR) is 157 cm³/mol. The Morgan fingerprint density at radius 1 is 1.20 bits per heavy atom. The standard InChI is InChI=1S/C30H36F3N7O5/c1-3-44-25(41)7-5-19-4-6-22(40-11-8-18(2)38-40)20(14-19)26(30(31,32)33)45-24-15-23(36-28(34)37-24)39-12-9-29(10-13-39)16-21(27(42)43)35-17-29/h4,6,8,11,14-15,21,26,35H,3,5,7,9-10,12-13,16-17H2,1-2H3,(H,42,43)(H2,34,36,37). The van der Waals surface area contributed by atoms with Gasteiger partial charge in [0.2, 0.25) is 17.9 Å². The molecular weight excluding hydrogens is 595 g/mol. The summed E-state index contributed by atoms with van der Waals surface area (Å²) in [6.45, 7) is 5.22. The minimum atomic E-state index is -4.87. The first-order valence-corrected chi connectivity index (χ1v) is 14.8. The van der Waals surface area contributed by atoms with E-state index < -0.39 is 30.3 Å². The zero-order valence-corrected chi connectivity index (χ0v) is 25.0. The molecule has 12 nitrogen and oxygen atoms in total. The number of nitrogen functional groups attached to an aromatic ring is 1. The fourth-order valence-corrected chi connectivity index (χ4v) is 5.97. The molecule has 2 saturated heterocycles. The number of piperidine rings is 1. The van der Waals surface area contributed by atoms with Gasteiger partial charge in [0.15, 0.2) is 0 Å². The maximum atomic E-state index is 14.8. The molecule has 45 heavy (non-hydrogen) atoms. The van der Waals surface area contributed by atoms with Gasteiger partial charge in [0.05, 0.1) is 18.0 Å². The van der Waals surface area contributed by atoms with Crippen molar-refractivity contribution >= 4 is 23.7 Å². The Hall–Kier alpha value is -4.40. The molecular formula is C30H36F3N7O5. The van der Waals surface area contributed by atoms with Crippen LogP contribution in [-0.2, 0) is 20.7 Å². The fourth-order valence-electron chi connectivity index (χ4n) is 5.97. The number of nitrogens with two attached hydrogens (primary N) is 1. The number of carboxylic acids is 1. The lowest BCUT2D eigenvalue weighted by Gasteiger charge is -2.39. The molecule has 2 aromatic heterocycles. The third-order valence-corrected chi connectivity index (χ3v) is 8.32. The van der Waals surface area contributed by atoms with Gasteiger partial charge in [-0.25, -0.2) is 4.68 Å². The summed E-state index contributed by atoms with van der Waals surface area (Å²) in [5, 5.41) is 16.7. The zero-order chi connectivity index (χ0) is 32.4. The van der Waals surface area contributed by atoms with E-state index in [2.05, 4.69) is 20.4 Å². The number of nitrogens with one attached hydrogen (secondary N) is 1. The number of alkyl halides is 3. The number of aryl methyl sites for hydroxylation is 2. The number of carboxylic acid groups (broad SMARTS) is 1. The van der Waals surface area contributed by atoms with E-state index in [1.165, 1.54) is 22.9 Å². The van der Waals surface area contributed by atoms with Crippen molar-refractivity contribution in [3.8, 4) is 11.6 Å². The topological polar surface area (TPSA) is 158 Å². The lowest BCUT2D eigenvalue weighted by molar-refractivity contribution is -0.198. The van der Waals surface area contributed by atoms with Crippen LogP contribution in [0.15, 0.2) is 36.5 Å². The minimum absolute atomic E-state index is 0.000989. The van der Waals surface area contributed by atoms with E-state index in [1.807, 2.05) is 4.90 Å². The molecule has 4 heterocycles. The van der Waals surface area contributed by atoms with Gasteiger partial charge in [-0.2, -0.15) is 28.2 Å². The highest BCUT2D eigenvalue weighted by Gasteiger charge is 2.46. The third kappa shape index (κ3) is 7.47. The molecule has 242 valence electrons. The molecule has 0 saturated carbocycles. The molecule has 15 heteroatoms. The van der Waals surface area contributed by atoms with Crippen LogP contribution in [0.3, 0.4) is 0 Å². The van der Waals surface area contributed by atoms with Crippen molar-refractivity contribution in [1.82, 2.24) is 25.1 Å². The minimum Gasteiger partial charge on any atom is -0.480 e. The lowest BCUT2D eigenvalue weighted by atomic mass is 9.76. The number of carbonyl (C=O) groups is 2. The number of aromatic nitrogens is 4. The Bertz CT molecular complexity index is 1540. The van der Waals surface area contributed by atoms with Gasteiger partial charge < -0.3 is 30.5 Å². The number of benzene rings is 1. The molecule has 0 radical (unpaired) electrons. The van der Waals surface area contributed by atoms with E-state index in [9.17, 15) is 27.9 Å². The summed E-state index contributed by atoms with van der Waals surface area (Å²) in [4.78, 5) is 33.5. The highest BCUT2D eigenvalue weighted by molar-refractivity contribution is 5.74.